The highest BCUT2D eigenvalue weighted by Crippen LogP contribution is 2.30. The lowest BCUT2D eigenvalue weighted by atomic mass is 10.1. The van der Waals surface area contributed by atoms with E-state index in [1.165, 1.54) is 0 Å². The highest BCUT2D eigenvalue weighted by atomic mass is 32.2. The van der Waals surface area contributed by atoms with Gasteiger partial charge in [0.05, 0.1) is 23.2 Å². The molecule has 1 fully saturated rings. The minimum atomic E-state index is -3.07. The summed E-state index contributed by atoms with van der Waals surface area (Å²) in [6, 6.07) is 19.4. The molecule has 7 heteroatoms. The number of aryl methyl sites for hydroxylation is 1. The lowest BCUT2D eigenvalue weighted by Gasteiger charge is -2.13. The molecule has 6 nitrogen and oxygen atoms in total. The van der Waals surface area contributed by atoms with Crippen LogP contribution < -0.4 is 5.32 Å². The zero-order valence-corrected chi connectivity index (χ0v) is 17.7. The number of aromatic nitrogens is 2. The highest BCUT2D eigenvalue weighted by Gasteiger charge is 2.32. The number of benzene rings is 2. The van der Waals surface area contributed by atoms with Crippen LogP contribution in [0, 0.1) is 6.92 Å². The molecule has 4 rings (SSSR count). The molecule has 0 aliphatic carbocycles. The molecule has 1 amide bonds. The number of sulfone groups is 1. The van der Waals surface area contributed by atoms with Crippen LogP contribution in [-0.2, 0) is 16.3 Å². The fourth-order valence-corrected chi connectivity index (χ4v) is 5.44. The molecule has 0 saturated carbocycles. The fraction of sp³-hybridized carbons (Fsp3) is 0.304. The second-order valence-corrected chi connectivity index (χ2v) is 10.0. The third kappa shape index (κ3) is 4.62. The normalized spacial score (nSPS) is 17.7. The third-order valence-electron chi connectivity index (χ3n) is 5.41. The summed E-state index contributed by atoms with van der Waals surface area (Å²) >= 11 is 0. The summed E-state index contributed by atoms with van der Waals surface area (Å²) < 4.78 is 25.7. The van der Waals surface area contributed by atoms with Crippen LogP contribution in [0.4, 0.5) is 0 Å². The molecule has 2 aromatic carbocycles. The number of amides is 1. The summed E-state index contributed by atoms with van der Waals surface area (Å²) in [5.74, 6) is -0.0367. The van der Waals surface area contributed by atoms with Gasteiger partial charge in [0.15, 0.2) is 15.5 Å². The Morgan fingerprint density at radius 3 is 2.53 bits per heavy atom. The summed E-state index contributed by atoms with van der Waals surface area (Å²) in [5, 5.41) is 7.44. The number of carbonyl (C=O) groups is 1. The first kappa shape index (κ1) is 20.3. The van der Waals surface area contributed by atoms with E-state index in [9.17, 15) is 13.2 Å². The monoisotopic (exact) mass is 423 g/mol. The third-order valence-corrected chi connectivity index (χ3v) is 7.16. The van der Waals surface area contributed by atoms with Gasteiger partial charge in [-0.15, -0.1) is 0 Å². The van der Waals surface area contributed by atoms with Gasteiger partial charge in [0.25, 0.3) is 5.91 Å². The minimum absolute atomic E-state index is 0.0581. The summed E-state index contributed by atoms with van der Waals surface area (Å²) in [6.45, 7) is 2.52. The molecule has 156 valence electrons. The van der Waals surface area contributed by atoms with Crippen LogP contribution in [0.15, 0.2) is 60.7 Å². The van der Waals surface area contributed by atoms with Crippen molar-refractivity contribution < 1.29 is 13.2 Å². The Labute approximate surface area is 176 Å². The van der Waals surface area contributed by atoms with Crippen molar-refractivity contribution in [1.82, 2.24) is 15.1 Å². The minimum Gasteiger partial charge on any atom is -0.350 e. The zero-order chi connectivity index (χ0) is 21.1. The van der Waals surface area contributed by atoms with Crippen LogP contribution in [0.5, 0.6) is 0 Å². The van der Waals surface area contributed by atoms with E-state index in [4.69, 9.17) is 0 Å². The first-order valence-corrected chi connectivity index (χ1v) is 11.9. The molecule has 1 saturated heterocycles. The average Bonchev–Trinajstić information content (AvgIpc) is 3.33. The standard InChI is InChI=1S/C23H25N3O3S/c1-17-7-9-19(10-8-17)22-15-21(25-26(22)20-12-14-30(28,29)16-20)23(27)24-13-11-18-5-3-2-4-6-18/h2-10,15,20H,11-14,16H2,1H3,(H,24,27)/t20-/m0/s1. The molecule has 30 heavy (non-hydrogen) atoms. The van der Waals surface area contributed by atoms with Crippen LogP contribution in [0.25, 0.3) is 11.3 Å². The summed E-state index contributed by atoms with van der Waals surface area (Å²) in [4.78, 5) is 12.7. The van der Waals surface area contributed by atoms with Crippen molar-refractivity contribution in [3.05, 3.63) is 77.5 Å². The molecule has 1 atom stereocenters. The van der Waals surface area contributed by atoms with Crippen molar-refractivity contribution in [2.75, 3.05) is 18.1 Å². The van der Waals surface area contributed by atoms with Crippen LogP contribution in [0.3, 0.4) is 0 Å². The van der Waals surface area contributed by atoms with Gasteiger partial charge < -0.3 is 5.32 Å². The number of carbonyl (C=O) groups excluding carboxylic acids is 1. The smallest absolute Gasteiger partial charge is 0.271 e. The van der Waals surface area contributed by atoms with Crippen LogP contribution >= 0.6 is 0 Å². The van der Waals surface area contributed by atoms with E-state index in [-0.39, 0.29) is 23.5 Å². The molecular formula is C23H25N3O3S. The largest absolute Gasteiger partial charge is 0.350 e. The Morgan fingerprint density at radius 1 is 1.13 bits per heavy atom. The van der Waals surface area contributed by atoms with Gasteiger partial charge in [-0.25, -0.2) is 8.42 Å². The number of hydrogen-bond donors (Lipinski definition) is 1. The molecule has 0 unspecified atom stereocenters. The van der Waals surface area contributed by atoms with E-state index in [2.05, 4.69) is 10.4 Å². The Kier molecular flexibility index (Phi) is 5.72. The Morgan fingerprint density at radius 2 is 1.87 bits per heavy atom. The van der Waals surface area contributed by atoms with E-state index in [0.717, 1.165) is 28.8 Å². The van der Waals surface area contributed by atoms with Crippen molar-refractivity contribution in [2.24, 2.45) is 0 Å². The van der Waals surface area contributed by atoms with Gasteiger partial charge in [0.1, 0.15) is 0 Å². The van der Waals surface area contributed by atoms with E-state index in [0.29, 0.717) is 18.7 Å². The second kappa shape index (κ2) is 8.44. The van der Waals surface area contributed by atoms with Gasteiger partial charge in [0.2, 0.25) is 0 Å². The van der Waals surface area contributed by atoms with Gasteiger partial charge in [0, 0.05) is 6.54 Å². The van der Waals surface area contributed by atoms with Crippen molar-refractivity contribution in [1.29, 1.82) is 0 Å². The first-order valence-electron chi connectivity index (χ1n) is 10.1. The maximum Gasteiger partial charge on any atom is 0.271 e. The van der Waals surface area contributed by atoms with Crippen molar-refractivity contribution in [2.45, 2.75) is 25.8 Å². The van der Waals surface area contributed by atoms with E-state index in [1.807, 2.05) is 61.5 Å². The maximum atomic E-state index is 12.7. The Hall–Kier alpha value is -2.93. The van der Waals surface area contributed by atoms with Gasteiger partial charge in [-0.2, -0.15) is 5.10 Å². The van der Waals surface area contributed by atoms with Gasteiger partial charge in [-0.1, -0.05) is 60.2 Å². The quantitative estimate of drug-likeness (QED) is 0.660. The summed E-state index contributed by atoms with van der Waals surface area (Å²) in [6.07, 6.45) is 1.25. The number of hydrogen-bond acceptors (Lipinski definition) is 4. The van der Waals surface area contributed by atoms with Crippen molar-refractivity contribution in [3.8, 4) is 11.3 Å². The van der Waals surface area contributed by atoms with E-state index < -0.39 is 9.84 Å². The van der Waals surface area contributed by atoms with Crippen LogP contribution in [0.1, 0.15) is 34.1 Å². The maximum absolute atomic E-state index is 12.7. The first-order chi connectivity index (χ1) is 14.4. The fourth-order valence-electron chi connectivity index (χ4n) is 3.75. The Bertz CT molecular complexity index is 1140. The number of rotatable bonds is 6. The summed E-state index contributed by atoms with van der Waals surface area (Å²) in [7, 11) is -3.07. The zero-order valence-electron chi connectivity index (χ0n) is 16.9. The van der Waals surface area contributed by atoms with Crippen LogP contribution in [0.2, 0.25) is 0 Å². The SMILES string of the molecule is Cc1ccc(-c2cc(C(=O)NCCc3ccccc3)nn2[C@H]2CCS(=O)(=O)C2)cc1. The molecule has 2 heterocycles. The lowest BCUT2D eigenvalue weighted by molar-refractivity contribution is 0.0948. The topological polar surface area (TPSA) is 81.1 Å². The second-order valence-electron chi connectivity index (χ2n) is 7.77. The number of nitrogens with one attached hydrogen (secondary N) is 1. The molecule has 3 aromatic rings. The molecule has 1 aromatic heterocycles. The Balaban J connectivity index is 1.56. The van der Waals surface area contributed by atoms with E-state index in [1.54, 1.807) is 10.7 Å². The highest BCUT2D eigenvalue weighted by molar-refractivity contribution is 7.91. The molecule has 1 aliphatic heterocycles. The molecule has 1 aliphatic rings. The average molecular weight is 424 g/mol. The molecule has 0 bridgehead atoms. The predicted molar refractivity (Wildman–Crippen MR) is 117 cm³/mol. The summed E-state index contributed by atoms with van der Waals surface area (Å²) in [5.41, 5.74) is 4.28. The van der Waals surface area contributed by atoms with Crippen LogP contribution in [-0.4, -0.2) is 42.2 Å². The molecule has 0 radical (unpaired) electrons. The van der Waals surface area contributed by atoms with Gasteiger partial charge >= 0.3 is 0 Å². The van der Waals surface area contributed by atoms with E-state index >= 15 is 0 Å². The van der Waals surface area contributed by atoms with Crippen molar-refractivity contribution in [3.63, 3.8) is 0 Å². The van der Waals surface area contributed by atoms with Gasteiger partial charge in [-0.3, -0.25) is 9.48 Å². The molecule has 0 spiro atoms. The van der Waals surface area contributed by atoms with Gasteiger partial charge in [-0.05, 0) is 37.0 Å². The van der Waals surface area contributed by atoms with Crippen molar-refractivity contribution >= 4 is 15.7 Å². The predicted octanol–water partition coefficient (Wildman–Crippen LogP) is 3.19. The number of nitrogens with zero attached hydrogens (tertiary/aromatic N) is 2. The lowest BCUT2D eigenvalue weighted by Crippen LogP contribution is -2.26. The molecule has 1 N–H and O–H groups in total. The molecular weight excluding hydrogens is 398 g/mol.